The minimum atomic E-state index is -0.356. The van der Waals surface area contributed by atoms with Crippen molar-refractivity contribution in [2.24, 2.45) is 0 Å². The number of rotatable bonds is 7. The van der Waals surface area contributed by atoms with Crippen molar-refractivity contribution in [2.75, 3.05) is 26.8 Å². The van der Waals surface area contributed by atoms with Crippen LogP contribution < -0.4 is 5.32 Å². The van der Waals surface area contributed by atoms with Crippen LogP contribution in [0.1, 0.15) is 29.2 Å². The Morgan fingerprint density at radius 2 is 2.18 bits per heavy atom. The van der Waals surface area contributed by atoms with Crippen LogP contribution in [0.25, 0.3) is 11.0 Å². The molecule has 0 bridgehead atoms. The Hall–Kier alpha value is -2.77. The lowest BCUT2D eigenvalue weighted by Gasteiger charge is -2.32. The molecule has 1 aliphatic heterocycles. The first-order valence-corrected chi connectivity index (χ1v) is 9.64. The summed E-state index contributed by atoms with van der Waals surface area (Å²) in [6, 6.07) is 9.55. The molecule has 1 aliphatic rings. The van der Waals surface area contributed by atoms with E-state index in [4.69, 9.17) is 4.74 Å². The molecule has 1 unspecified atom stereocenters. The predicted molar refractivity (Wildman–Crippen MR) is 107 cm³/mol. The number of ether oxygens (including phenoxy) is 1. The normalized spacial score (nSPS) is 14.8. The molecule has 146 valence electrons. The summed E-state index contributed by atoms with van der Waals surface area (Å²) >= 11 is 0. The van der Waals surface area contributed by atoms with Crippen molar-refractivity contribution in [2.45, 2.75) is 25.4 Å². The maximum atomic E-state index is 13.4. The lowest BCUT2D eigenvalue weighted by molar-refractivity contribution is -0.134. The molecule has 0 saturated heterocycles. The van der Waals surface area contributed by atoms with Crippen LogP contribution in [0.4, 0.5) is 0 Å². The Labute approximate surface area is 164 Å². The van der Waals surface area contributed by atoms with Gasteiger partial charge in [0.15, 0.2) is 5.65 Å². The second-order valence-corrected chi connectivity index (χ2v) is 7.05. The van der Waals surface area contributed by atoms with Crippen molar-refractivity contribution in [1.29, 1.82) is 0 Å². The molecular formula is C21H25N5O2. The average molecular weight is 379 g/mol. The summed E-state index contributed by atoms with van der Waals surface area (Å²) < 4.78 is 5.12. The maximum Gasteiger partial charge on any atom is 0.244 e. The number of hydrogen-bond acceptors (Lipinski definition) is 5. The van der Waals surface area contributed by atoms with Gasteiger partial charge in [-0.05, 0) is 36.1 Å². The first kappa shape index (κ1) is 18.6. The largest absolute Gasteiger partial charge is 0.385 e. The number of nitrogens with one attached hydrogen (secondary N) is 2. The molecule has 7 nitrogen and oxygen atoms in total. The number of aromatic nitrogens is 3. The van der Waals surface area contributed by atoms with Crippen LogP contribution in [-0.2, 0) is 22.5 Å². The molecule has 3 aromatic rings. The van der Waals surface area contributed by atoms with E-state index < -0.39 is 0 Å². The fourth-order valence-corrected chi connectivity index (χ4v) is 3.78. The van der Waals surface area contributed by atoms with Gasteiger partial charge in [-0.25, -0.2) is 4.98 Å². The Morgan fingerprint density at radius 3 is 3.00 bits per heavy atom. The van der Waals surface area contributed by atoms with Crippen LogP contribution in [-0.4, -0.2) is 52.8 Å². The molecule has 3 heterocycles. The third-order valence-corrected chi connectivity index (χ3v) is 5.24. The summed E-state index contributed by atoms with van der Waals surface area (Å²) in [5.41, 5.74) is 4.13. The van der Waals surface area contributed by atoms with Gasteiger partial charge in [0, 0.05) is 38.4 Å². The van der Waals surface area contributed by atoms with Gasteiger partial charge in [-0.1, -0.05) is 30.3 Å². The van der Waals surface area contributed by atoms with Gasteiger partial charge >= 0.3 is 0 Å². The topological polar surface area (TPSA) is 83.1 Å². The number of carbonyl (C=O) groups excluding carboxylic acids is 1. The summed E-state index contributed by atoms with van der Waals surface area (Å²) in [4.78, 5) is 19.7. The summed E-state index contributed by atoms with van der Waals surface area (Å²) in [6.07, 6.45) is 5.35. The van der Waals surface area contributed by atoms with E-state index in [1.807, 2.05) is 47.6 Å². The molecule has 4 rings (SSSR count). The highest BCUT2D eigenvalue weighted by Crippen LogP contribution is 2.27. The van der Waals surface area contributed by atoms with E-state index in [0.717, 1.165) is 41.5 Å². The number of carbonyl (C=O) groups is 1. The lowest BCUT2D eigenvalue weighted by atomic mass is 9.97. The van der Waals surface area contributed by atoms with Crippen LogP contribution in [0.2, 0.25) is 0 Å². The van der Waals surface area contributed by atoms with Gasteiger partial charge in [0.2, 0.25) is 5.91 Å². The molecular weight excluding hydrogens is 354 g/mol. The van der Waals surface area contributed by atoms with E-state index in [-0.39, 0.29) is 11.9 Å². The van der Waals surface area contributed by atoms with Gasteiger partial charge in [-0.15, -0.1) is 0 Å². The van der Waals surface area contributed by atoms with Crippen molar-refractivity contribution in [3.63, 3.8) is 0 Å². The molecule has 0 radical (unpaired) electrons. The Kier molecular flexibility index (Phi) is 5.64. The molecule has 1 atom stereocenters. The molecule has 2 N–H and O–H groups in total. The van der Waals surface area contributed by atoms with E-state index in [0.29, 0.717) is 19.7 Å². The van der Waals surface area contributed by atoms with Crippen LogP contribution in [0.15, 0.2) is 42.7 Å². The lowest BCUT2D eigenvalue weighted by Crippen LogP contribution is -2.43. The number of hydrogen-bond donors (Lipinski definition) is 2. The van der Waals surface area contributed by atoms with Crippen molar-refractivity contribution in [3.8, 4) is 0 Å². The third kappa shape index (κ3) is 3.76. The number of methoxy groups -OCH3 is 1. The molecule has 1 aromatic carbocycles. The van der Waals surface area contributed by atoms with Gasteiger partial charge < -0.3 is 15.0 Å². The second kappa shape index (κ2) is 8.50. The zero-order valence-electron chi connectivity index (χ0n) is 16.0. The summed E-state index contributed by atoms with van der Waals surface area (Å²) in [5, 5.41) is 11.5. The SMILES string of the molecule is COCCCNC(C(=O)N1CCc2c(cnc3[nH]ncc23)C1)c1ccccc1. The van der Waals surface area contributed by atoms with Gasteiger partial charge in [0.1, 0.15) is 6.04 Å². The van der Waals surface area contributed by atoms with E-state index in [9.17, 15) is 4.79 Å². The minimum Gasteiger partial charge on any atom is -0.385 e. The van der Waals surface area contributed by atoms with Crippen molar-refractivity contribution < 1.29 is 9.53 Å². The Morgan fingerprint density at radius 1 is 1.32 bits per heavy atom. The van der Waals surface area contributed by atoms with Gasteiger partial charge in [-0.3, -0.25) is 9.89 Å². The predicted octanol–water partition coefficient (Wildman–Crippen LogP) is 2.21. The van der Waals surface area contributed by atoms with E-state index in [2.05, 4.69) is 20.5 Å². The minimum absolute atomic E-state index is 0.0987. The molecule has 28 heavy (non-hydrogen) atoms. The van der Waals surface area contributed by atoms with Crippen LogP contribution in [0, 0.1) is 0 Å². The molecule has 2 aromatic heterocycles. The Balaban J connectivity index is 1.53. The first-order chi connectivity index (χ1) is 13.8. The van der Waals surface area contributed by atoms with Gasteiger partial charge in [-0.2, -0.15) is 5.10 Å². The highest BCUT2D eigenvalue weighted by molar-refractivity contribution is 5.85. The van der Waals surface area contributed by atoms with E-state index >= 15 is 0 Å². The molecule has 0 aliphatic carbocycles. The van der Waals surface area contributed by atoms with Gasteiger partial charge in [0.05, 0.1) is 6.20 Å². The molecule has 0 saturated carbocycles. The number of aromatic amines is 1. The van der Waals surface area contributed by atoms with Crippen molar-refractivity contribution in [1.82, 2.24) is 25.4 Å². The van der Waals surface area contributed by atoms with Crippen LogP contribution in [0.5, 0.6) is 0 Å². The fraction of sp³-hybridized carbons (Fsp3) is 0.381. The number of benzene rings is 1. The quantitative estimate of drug-likeness (QED) is 0.615. The zero-order valence-corrected chi connectivity index (χ0v) is 16.0. The van der Waals surface area contributed by atoms with E-state index in [1.54, 1.807) is 7.11 Å². The highest BCUT2D eigenvalue weighted by atomic mass is 16.5. The fourth-order valence-electron chi connectivity index (χ4n) is 3.78. The highest BCUT2D eigenvalue weighted by Gasteiger charge is 2.29. The molecule has 7 heteroatoms. The Bertz CT molecular complexity index is 940. The third-order valence-electron chi connectivity index (χ3n) is 5.24. The number of amides is 1. The monoisotopic (exact) mass is 379 g/mol. The average Bonchev–Trinajstić information content (AvgIpc) is 3.23. The summed E-state index contributed by atoms with van der Waals surface area (Å²) in [5.74, 6) is 0.0987. The maximum absolute atomic E-state index is 13.4. The molecule has 0 spiro atoms. The molecule has 0 fully saturated rings. The van der Waals surface area contributed by atoms with Crippen LogP contribution in [0.3, 0.4) is 0 Å². The van der Waals surface area contributed by atoms with Crippen LogP contribution >= 0.6 is 0 Å². The zero-order chi connectivity index (χ0) is 19.3. The summed E-state index contributed by atoms with van der Waals surface area (Å²) in [6.45, 7) is 2.66. The second-order valence-electron chi connectivity index (χ2n) is 7.05. The van der Waals surface area contributed by atoms with Gasteiger partial charge in [0.25, 0.3) is 0 Å². The van der Waals surface area contributed by atoms with Crippen molar-refractivity contribution in [3.05, 3.63) is 59.4 Å². The summed E-state index contributed by atoms with van der Waals surface area (Å²) in [7, 11) is 1.69. The molecule has 1 amide bonds. The van der Waals surface area contributed by atoms with Crippen molar-refractivity contribution >= 4 is 16.9 Å². The first-order valence-electron chi connectivity index (χ1n) is 9.64. The van der Waals surface area contributed by atoms with E-state index in [1.165, 1.54) is 5.56 Å². The number of fused-ring (bicyclic) bond motifs is 3. The smallest absolute Gasteiger partial charge is 0.244 e. The number of nitrogens with zero attached hydrogens (tertiary/aromatic N) is 3. The standard InChI is InChI=1S/C21H25N5O2/c1-28-11-5-9-22-19(15-6-3-2-4-7-15)21(27)26-10-8-17-16(14-26)12-23-20-18(17)13-24-25-20/h2-4,6-7,12-13,19,22H,5,8-11,14H2,1H3,(H,23,24,25). The number of H-pyrrole nitrogens is 1. The number of pyridine rings is 1.